The topological polar surface area (TPSA) is 98.8 Å². The SMILES string of the molecule is C[C@@H]1C(=O)N2CCCc3cc(NC(=O)C(=O)NCCCN4CCCC4=O)cc1c32. The van der Waals surface area contributed by atoms with Crippen LogP contribution in [0, 0.1) is 0 Å². The van der Waals surface area contributed by atoms with Crippen LogP contribution in [0.15, 0.2) is 12.1 Å². The first kappa shape index (κ1) is 19.4. The summed E-state index contributed by atoms with van der Waals surface area (Å²) < 4.78 is 0. The molecule has 0 radical (unpaired) electrons. The molecule has 29 heavy (non-hydrogen) atoms. The lowest BCUT2D eigenvalue weighted by Crippen LogP contribution is -2.37. The minimum Gasteiger partial charge on any atom is -0.348 e. The van der Waals surface area contributed by atoms with Crippen molar-refractivity contribution in [3.8, 4) is 0 Å². The molecule has 3 aliphatic rings. The Balaban J connectivity index is 1.33. The smallest absolute Gasteiger partial charge is 0.313 e. The fraction of sp³-hybridized carbons (Fsp3) is 0.524. The zero-order chi connectivity index (χ0) is 20.5. The minimum atomic E-state index is -0.723. The van der Waals surface area contributed by atoms with Gasteiger partial charge in [-0.2, -0.15) is 0 Å². The molecule has 8 heteroatoms. The summed E-state index contributed by atoms with van der Waals surface area (Å²) >= 11 is 0. The number of likely N-dealkylation sites (tertiary alicyclic amines) is 1. The Morgan fingerprint density at radius 2 is 1.90 bits per heavy atom. The van der Waals surface area contributed by atoms with Crippen molar-refractivity contribution in [3.05, 3.63) is 23.3 Å². The average Bonchev–Trinajstić information content (AvgIpc) is 3.22. The second kappa shape index (κ2) is 7.85. The Hall–Kier alpha value is -2.90. The molecule has 3 aliphatic heterocycles. The highest BCUT2D eigenvalue weighted by Gasteiger charge is 2.38. The van der Waals surface area contributed by atoms with Gasteiger partial charge in [0.25, 0.3) is 0 Å². The Labute approximate surface area is 169 Å². The lowest BCUT2D eigenvalue weighted by atomic mass is 9.96. The van der Waals surface area contributed by atoms with Crippen molar-refractivity contribution in [2.75, 3.05) is 36.4 Å². The van der Waals surface area contributed by atoms with E-state index >= 15 is 0 Å². The summed E-state index contributed by atoms with van der Waals surface area (Å²) in [5.74, 6) is -1.41. The van der Waals surface area contributed by atoms with Gasteiger partial charge in [0.2, 0.25) is 11.8 Å². The summed E-state index contributed by atoms with van der Waals surface area (Å²) in [5.41, 5.74) is 3.48. The summed E-state index contributed by atoms with van der Waals surface area (Å²) in [6.45, 7) is 4.32. The summed E-state index contributed by atoms with van der Waals surface area (Å²) in [5, 5.41) is 5.27. The van der Waals surface area contributed by atoms with E-state index in [0.717, 1.165) is 49.2 Å². The van der Waals surface area contributed by atoms with E-state index in [2.05, 4.69) is 10.6 Å². The van der Waals surface area contributed by atoms with Crippen molar-refractivity contribution in [1.82, 2.24) is 10.2 Å². The highest BCUT2D eigenvalue weighted by molar-refractivity contribution is 6.39. The molecule has 1 aromatic rings. The third kappa shape index (κ3) is 3.71. The van der Waals surface area contributed by atoms with Gasteiger partial charge in [-0.1, -0.05) is 0 Å². The van der Waals surface area contributed by atoms with Gasteiger partial charge in [0.15, 0.2) is 0 Å². The zero-order valence-electron chi connectivity index (χ0n) is 16.6. The van der Waals surface area contributed by atoms with Crippen molar-refractivity contribution in [2.45, 2.75) is 44.9 Å². The fourth-order valence-corrected chi connectivity index (χ4v) is 4.45. The molecule has 1 saturated heterocycles. The van der Waals surface area contributed by atoms with E-state index in [9.17, 15) is 19.2 Å². The maximum absolute atomic E-state index is 12.4. The first-order chi connectivity index (χ1) is 14.0. The highest BCUT2D eigenvalue weighted by atomic mass is 16.2. The maximum Gasteiger partial charge on any atom is 0.313 e. The van der Waals surface area contributed by atoms with Crippen LogP contribution in [0.2, 0.25) is 0 Å². The number of aryl methyl sites for hydroxylation is 1. The van der Waals surface area contributed by atoms with E-state index < -0.39 is 11.8 Å². The minimum absolute atomic E-state index is 0.0960. The standard InChI is InChI=1S/C21H26N4O4/c1-13-16-12-15(11-14-5-2-10-25(18(14)16)21(13)29)23-20(28)19(27)22-7-4-9-24-8-3-6-17(24)26/h11-13H,2-10H2,1H3,(H,22,27)(H,23,28)/t13-/m0/s1. The number of carbonyl (C=O) groups is 4. The van der Waals surface area contributed by atoms with Crippen molar-refractivity contribution in [1.29, 1.82) is 0 Å². The molecule has 1 atom stereocenters. The molecule has 3 heterocycles. The molecule has 8 nitrogen and oxygen atoms in total. The van der Waals surface area contributed by atoms with E-state index in [1.165, 1.54) is 0 Å². The van der Waals surface area contributed by atoms with Crippen LogP contribution >= 0.6 is 0 Å². The number of nitrogens with one attached hydrogen (secondary N) is 2. The third-order valence-corrected chi connectivity index (χ3v) is 5.94. The number of hydrogen-bond acceptors (Lipinski definition) is 4. The predicted molar refractivity (Wildman–Crippen MR) is 108 cm³/mol. The van der Waals surface area contributed by atoms with Crippen LogP contribution in [0.3, 0.4) is 0 Å². The molecule has 4 amide bonds. The Kier molecular flexibility index (Phi) is 5.25. The fourth-order valence-electron chi connectivity index (χ4n) is 4.45. The van der Waals surface area contributed by atoms with Gasteiger partial charge < -0.3 is 20.4 Å². The summed E-state index contributed by atoms with van der Waals surface area (Å²) in [4.78, 5) is 52.0. The normalized spacial score (nSPS) is 20.1. The third-order valence-electron chi connectivity index (χ3n) is 5.94. The van der Waals surface area contributed by atoms with Crippen LogP contribution in [-0.2, 0) is 25.6 Å². The molecule has 154 valence electrons. The Morgan fingerprint density at radius 3 is 2.66 bits per heavy atom. The molecular weight excluding hydrogens is 372 g/mol. The second-order valence-electron chi connectivity index (χ2n) is 7.94. The van der Waals surface area contributed by atoms with Crippen molar-refractivity contribution < 1.29 is 19.2 Å². The molecule has 2 N–H and O–H groups in total. The highest BCUT2D eigenvalue weighted by Crippen LogP contribution is 2.44. The lowest BCUT2D eigenvalue weighted by molar-refractivity contribution is -0.136. The zero-order valence-corrected chi connectivity index (χ0v) is 16.6. The quantitative estimate of drug-likeness (QED) is 0.574. The molecule has 0 aromatic heterocycles. The first-order valence-corrected chi connectivity index (χ1v) is 10.3. The lowest BCUT2D eigenvalue weighted by Gasteiger charge is -2.26. The van der Waals surface area contributed by atoms with E-state index in [1.807, 2.05) is 17.9 Å². The van der Waals surface area contributed by atoms with Gasteiger partial charge in [-0.05, 0) is 55.9 Å². The number of nitrogens with zero attached hydrogens (tertiary/aromatic N) is 2. The van der Waals surface area contributed by atoms with Gasteiger partial charge in [0, 0.05) is 38.3 Å². The predicted octanol–water partition coefficient (Wildman–Crippen LogP) is 1.15. The number of benzene rings is 1. The molecule has 1 fully saturated rings. The van der Waals surface area contributed by atoms with Crippen LogP contribution in [0.5, 0.6) is 0 Å². The van der Waals surface area contributed by atoms with Crippen LogP contribution in [0.25, 0.3) is 0 Å². The molecule has 0 saturated carbocycles. The first-order valence-electron chi connectivity index (χ1n) is 10.3. The number of rotatable bonds is 5. The molecule has 0 spiro atoms. The monoisotopic (exact) mass is 398 g/mol. The van der Waals surface area contributed by atoms with Crippen molar-refractivity contribution in [3.63, 3.8) is 0 Å². The van der Waals surface area contributed by atoms with Crippen molar-refractivity contribution in [2.24, 2.45) is 0 Å². The molecule has 1 aromatic carbocycles. The van der Waals surface area contributed by atoms with Gasteiger partial charge in [-0.15, -0.1) is 0 Å². The largest absolute Gasteiger partial charge is 0.348 e. The van der Waals surface area contributed by atoms with Crippen LogP contribution in [0.4, 0.5) is 11.4 Å². The number of hydrogen-bond donors (Lipinski definition) is 2. The second-order valence-corrected chi connectivity index (χ2v) is 7.94. The molecular formula is C21H26N4O4. The Bertz CT molecular complexity index is 882. The molecule has 0 unspecified atom stereocenters. The van der Waals surface area contributed by atoms with Crippen molar-refractivity contribution >= 4 is 35.0 Å². The van der Waals surface area contributed by atoms with E-state index in [4.69, 9.17) is 0 Å². The van der Waals surface area contributed by atoms with E-state index in [0.29, 0.717) is 31.6 Å². The van der Waals surface area contributed by atoms with Crippen LogP contribution < -0.4 is 15.5 Å². The average molecular weight is 398 g/mol. The number of anilines is 2. The number of amides is 4. The van der Waals surface area contributed by atoms with Gasteiger partial charge in [0.05, 0.1) is 11.6 Å². The van der Waals surface area contributed by atoms with Gasteiger partial charge >= 0.3 is 11.8 Å². The number of carbonyl (C=O) groups excluding carboxylic acids is 4. The molecule has 0 aliphatic carbocycles. The van der Waals surface area contributed by atoms with Gasteiger partial charge in [-0.3, -0.25) is 19.2 Å². The summed E-state index contributed by atoms with van der Waals surface area (Å²) in [7, 11) is 0. The molecule has 4 rings (SSSR count). The van der Waals surface area contributed by atoms with E-state index in [-0.39, 0.29) is 17.7 Å². The van der Waals surface area contributed by atoms with Gasteiger partial charge in [0.1, 0.15) is 0 Å². The maximum atomic E-state index is 12.4. The summed E-state index contributed by atoms with van der Waals surface area (Å²) in [6, 6.07) is 3.66. The van der Waals surface area contributed by atoms with E-state index in [1.54, 1.807) is 11.0 Å². The van der Waals surface area contributed by atoms with Crippen LogP contribution in [0.1, 0.15) is 49.7 Å². The van der Waals surface area contributed by atoms with Gasteiger partial charge in [-0.25, -0.2) is 0 Å². The van der Waals surface area contributed by atoms with Crippen LogP contribution in [-0.4, -0.2) is 54.7 Å². The summed E-state index contributed by atoms with van der Waals surface area (Å²) in [6.07, 6.45) is 3.84. The molecule has 0 bridgehead atoms. The Morgan fingerprint density at radius 1 is 1.10 bits per heavy atom.